The van der Waals surface area contributed by atoms with E-state index < -0.39 is 0 Å². The number of unbranched alkanes of at least 4 members (excludes halogenated alkanes) is 29. The van der Waals surface area contributed by atoms with Gasteiger partial charge < -0.3 is 0 Å². The molecule has 242 valence electrons. The zero-order chi connectivity index (χ0) is 29.4. The molecule has 0 aliphatic heterocycles. The lowest BCUT2D eigenvalue weighted by Gasteiger charge is -2.34. The molecule has 0 aromatic heterocycles. The van der Waals surface area contributed by atoms with Crippen molar-refractivity contribution in [1.29, 1.82) is 0 Å². The average Bonchev–Trinajstić information content (AvgIpc) is 2.94. The van der Waals surface area contributed by atoms with Crippen molar-refractivity contribution in [1.82, 2.24) is 4.90 Å². The fourth-order valence-electron chi connectivity index (χ4n) is 6.14. The summed E-state index contributed by atoms with van der Waals surface area (Å²) in [5.41, 5.74) is 0. The number of nitrogens with zero attached hydrogens (tertiary/aromatic N) is 1. The molecule has 0 radical (unpaired) electrons. The number of alkyl halides is 1. The Balaban J connectivity index is 3.40. The van der Waals surface area contributed by atoms with E-state index in [4.69, 9.17) is 0 Å². The first-order valence-corrected chi connectivity index (χ1v) is 19.7. The molecule has 1 nitrogen and oxygen atoms in total. The average molecular weight is 629 g/mol. The first-order chi connectivity index (χ1) is 19.5. The third kappa shape index (κ3) is 29.9. The summed E-state index contributed by atoms with van der Waals surface area (Å²) < 4.78 is 0.180. The van der Waals surface area contributed by atoms with Gasteiger partial charge >= 0.3 is 0 Å². The van der Waals surface area contributed by atoms with E-state index in [0.717, 1.165) is 0 Å². The van der Waals surface area contributed by atoms with Gasteiger partial charge in [-0.25, -0.2) is 0 Å². The molecule has 1 atom stereocenters. The Morgan fingerprint density at radius 1 is 0.375 bits per heavy atom. The fourth-order valence-corrected chi connectivity index (χ4v) is 6.60. The van der Waals surface area contributed by atoms with Crippen molar-refractivity contribution in [3.8, 4) is 0 Å². The van der Waals surface area contributed by atoms with Crippen LogP contribution in [0.25, 0.3) is 0 Å². The van der Waals surface area contributed by atoms with Gasteiger partial charge in [0.1, 0.15) is 0 Å². The van der Waals surface area contributed by atoms with Gasteiger partial charge in [-0.3, -0.25) is 4.90 Å². The van der Waals surface area contributed by atoms with Crippen molar-refractivity contribution in [2.75, 3.05) is 13.6 Å². The quantitative estimate of drug-likeness (QED) is 0.0389. The maximum absolute atomic E-state index is 4.06. The first-order valence-electron chi connectivity index (χ1n) is 18.9. The normalized spacial score (nSPS) is 13.3. The van der Waals surface area contributed by atoms with Crippen molar-refractivity contribution < 1.29 is 0 Å². The van der Waals surface area contributed by atoms with Gasteiger partial charge in [0, 0.05) is 0 Å². The van der Waals surface area contributed by atoms with E-state index in [1.165, 1.54) is 212 Å². The van der Waals surface area contributed by atoms with Crippen molar-refractivity contribution in [3.05, 3.63) is 0 Å². The van der Waals surface area contributed by atoms with Crippen molar-refractivity contribution in [3.63, 3.8) is 0 Å². The summed E-state index contributed by atoms with van der Waals surface area (Å²) in [7, 11) is 2.32. The van der Waals surface area contributed by atoms with E-state index in [-0.39, 0.29) is 4.45 Å². The molecule has 1 unspecified atom stereocenters. The van der Waals surface area contributed by atoms with E-state index in [1.54, 1.807) is 0 Å². The third-order valence-electron chi connectivity index (χ3n) is 9.38. The summed E-state index contributed by atoms with van der Waals surface area (Å²) in [6.07, 6.45) is 46.1. The van der Waals surface area contributed by atoms with Crippen LogP contribution >= 0.6 is 15.9 Å². The minimum Gasteiger partial charge on any atom is -0.292 e. The molecule has 0 spiro atoms. The largest absolute Gasteiger partial charge is 0.292 e. The van der Waals surface area contributed by atoms with E-state index >= 15 is 0 Å². The second-order valence-electron chi connectivity index (χ2n) is 13.6. The molecule has 0 N–H and O–H groups in total. The fraction of sp³-hybridized carbons (Fsp3) is 1.00. The summed E-state index contributed by atoms with van der Waals surface area (Å²) >= 11 is 4.06. The lowest BCUT2D eigenvalue weighted by molar-refractivity contribution is 0.212. The topological polar surface area (TPSA) is 3.24 Å². The van der Waals surface area contributed by atoms with Crippen LogP contribution in [0.3, 0.4) is 0 Å². The van der Waals surface area contributed by atoms with Crippen LogP contribution in [-0.2, 0) is 0 Å². The Labute approximate surface area is 264 Å². The van der Waals surface area contributed by atoms with E-state index in [2.05, 4.69) is 48.6 Å². The molecule has 0 fully saturated rings. The smallest absolute Gasteiger partial charge is 0.0736 e. The van der Waals surface area contributed by atoms with Gasteiger partial charge in [-0.05, 0) is 33.4 Å². The minimum absolute atomic E-state index is 0.180. The number of halogens is 1. The highest BCUT2D eigenvalue weighted by Gasteiger charge is 2.24. The van der Waals surface area contributed by atoms with Crippen LogP contribution in [0.1, 0.15) is 226 Å². The predicted octanol–water partition coefficient (Wildman–Crippen LogP) is 14.6. The monoisotopic (exact) mass is 628 g/mol. The summed E-state index contributed by atoms with van der Waals surface area (Å²) in [4.78, 5) is 2.57. The van der Waals surface area contributed by atoms with Crippen molar-refractivity contribution >= 4 is 15.9 Å². The van der Waals surface area contributed by atoms with Crippen molar-refractivity contribution in [2.24, 2.45) is 0 Å². The molecule has 40 heavy (non-hydrogen) atoms. The Morgan fingerprint density at radius 2 is 0.600 bits per heavy atom. The maximum atomic E-state index is 4.06. The minimum atomic E-state index is 0.180. The van der Waals surface area contributed by atoms with E-state index in [0.29, 0.717) is 0 Å². The lowest BCUT2D eigenvalue weighted by Crippen LogP contribution is -2.38. The van der Waals surface area contributed by atoms with Gasteiger partial charge in [0.05, 0.1) is 4.45 Å². The standard InChI is InChI=1S/C38H78BrN/c1-5-7-9-11-13-15-17-19-21-23-25-27-29-31-33-35-37-40(4)38(3,39)36-34-32-30-28-26-24-22-20-18-16-14-12-10-8-6-2/h5-37H2,1-4H3. The lowest BCUT2D eigenvalue weighted by atomic mass is 10.0. The molecule has 0 aliphatic rings. The molecule has 0 saturated heterocycles. The van der Waals surface area contributed by atoms with Gasteiger partial charge in [0.15, 0.2) is 0 Å². The molecule has 0 aromatic rings. The highest BCUT2D eigenvalue weighted by atomic mass is 79.9. The zero-order valence-electron chi connectivity index (χ0n) is 28.7. The Hall–Kier alpha value is 0.440. The number of hydrogen-bond donors (Lipinski definition) is 0. The number of hydrogen-bond acceptors (Lipinski definition) is 1. The molecule has 0 bridgehead atoms. The van der Waals surface area contributed by atoms with Crippen LogP contribution in [0.2, 0.25) is 0 Å². The Bertz CT molecular complexity index is 462. The second kappa shape index (κ2) is 32.4. The molecular weight excluding hydrogens is 550 g/mol. The highest BCUT2D eigenvalue weighted by Crippen LogP contribution is 2.29. The van der Waals surface area contributed by atoms with Gasteiger partial charge in [0.25, 0.3) is 0 Å². The summed E-state index contributed by atoms with van der Waals surface area (Å²) in [5, 5.41) is 0. The molecule has 0 saturated carbocycles. The van der Waals surface area contributed by atoms with Crippen LogP contribution in [0.15, 0.2) is 0 Å². The Morgan fingerprint density at radius 3 is 0.875 bits per heavy atom. The molecule has 0 amide bonds. The van der Waals surface area contributed by atoms with Gasteiger partial charge in [-0.1, -0.05) is 222 Å². The first kappa shape index (κ1) is 40.4. The van der Waals surface area contributed by atoms with Crippen LogP contribution in [-0.4, -0.2) is 22.9 Å². The van der Waals surface area contributed by atoms with E-state index in [9.17, 15) is 0 Å². The van der Waals surface area contributed by atoms with Crippen LogP contribution in [0.5, 0.6) is 0 Å². The predicted molar refractivity (Wildman–Crippen MR) is 189 cm³/mol. The SMILES string of the molecule is CCCCCCCCCCCCCCCCCCN(C)C(C)(Br)CCCCCCCCCCCCCCCCC. The van der Waals surface area contributed by atoms with Crippen LogP contribution in [0, 0.1) is 0 Å². The molecule has 0 aliphatic carbocycles. The van der Waals surface area contributed by atoms with Gasteiger partial charge in [0.2, 0.25) is 0 Å². The molecule has 0 rings (SSSR count). The van der Waals surface area contributed by atoms with Gasteiger partial charge in [-0.15, -0.1) is 0 Å². The van der Waals surface area contributed by atoms with Gasteiger partial charge in [-0.2, -0.15) is 0 Å². The summed E-state index contributed by atoms with van der Waals surface area (Å²) in [5.74, 6) is 0. The van der Waals surface area contributed by atoms with Crippen LogP contribution < -0.4 is 0 Å². The molecular formula is C38H78BrN. The summed E-state index contributed by atoms with van der Waals surface area (Å²) in [6, 6.07) is 0. The molecule has 2 heteroatoms. The number of rotatable bonds is 34. The van der Waals surface area contributed by atoms with Crippen LogP contribution in [0.4, 0.5) is 0 Å². The highest BCUT2D eigenvalue weighted by molar-refractivity contribution is 9.10. The maximum Gasteiger partial charge on any atom is 0.0736 e. The third-order valence-corrected chi connectivity index (χ3v) is 10.4. The Kier molecular flexibility index (Phi) is 32.7. The molecule has 0 heterocycles. The van der Waals surface area contributed by atoms with E-state index in [1.807, 2.05) is 0 Å². The van der Waals surface area contributed by atoms with Crippen molar-refractivity contribution in [2.45, 2.75) is 231 Å². The second-order valence-corrected chi connectivity index (χ2v) is 15.3. The zero-order valence-corrected chi connectivity index (χ0v) is 30.2. The summed E-state index contributed by atoms with van der Waals surface area (Å²) in [6.45, 7) is 8.24. The molecule has 0 aromatic carbocycles.